The number of benzene rings is 2. The zero-order valence-corrected chi connectivity index (χ0v) is 12.1. The molecule has 0 bridgehead atoms. The van der Waals surface area contributed by atoms with Gasteiger partial charge in [0.2, 0.25) is 0 Å². The number of aryl methyl sites for hydroxylation is 1. The lowest BCUT2D eigenvalue weighted by atomic mass is 10.2. The van der Waals surface area contributed by atoms with Gasteiger partial charge in [-0.2, -0.15) is 0 Å². The molecule has 0 atom stereocenters. The second-order valence-electron chi connectivity index (χ2n) is 4.16. The predicted molar refractivity (Wildman–Crippen MR) is 81.9 cm³/mol. The van der Waals surface area contributed by atoms with E-state index in [2.05, 4.69) is 5.32 Å². The van der Waals surface area contributed by atoms with Crippen molar-refractivity contribution in [3.05, 3.63) is 45.9 Å². The molecule has 0 radical (unpaired) electrons. The van der Waals surface area contributed by atoms with Gasteiger partial charge in [0.1, 0.15) is 5.75 Å². The maximum absolute atomic E-state index is 6.18. The lowest BCUT2D eigenvalue weighted by molar-refractivity contribution is 0.415. The molecule has 2 aromatic carbocycles. The molecule has 0 aromatic heterocycles. The van der Waals surface area contributed by atoms with Gasteiger partial charge in [-0.25, -0.2) is 0 Å². The highest BCUT2D eigenvalue weighted by Crippen LogP contribution is 2.33. The second-order valence-corrected chi connectivity index (χ2v) is 4.97. The molecule has 5 heteroatoms. The van der Waals surface area contributed by atoms with E-state index in [-0.39, 0.29) is 0 Å². The molecule has 0 spiro atoms. The summed E-state index contributed by atoms with van der Waals surface area (Å²) in [5.41, 5.74) is 8.92. The van der Waals surface area contributed by atoms with Crippen molar-refractivity contribution < 1.29 is 4.74 Å². The molecule has 19 heavy (non-hydrogen) atoms. The molecular formula is C14H14Cl2N2O. The molecule has 0 aliphatic rings. The number of nitrogen functional groups attached to an aromatic ring is 1. The number of rotatable bonds is 3. The van der Waals surface area contributed by atoms with Crippen molar-refractivity contribution in [3.8, 4) is 5.75 Å². The average molecular weight is 297 g/mol. The highest BCUT2D eigenvalue weighted by molar-refractivity contribution is 6.35. The van der Waals surface area contributed by atoms with E-state index in [1.54, 1.807) is 19.2 Å². The van der Waals surface area contributed by atoms with Crippen molar-refractivity contribution in [1.82, 2.24) is 0 Å². The van der Waals surface area contributed by atoms with Crippen molar-refractivity contribution in [1.29, 1.82) is 0 Å². The first-order valence-electron chi connectivity index (χ1n) is 5.67. The molecule has 0 fully saturated rings. The van der Waals surface area contributed by atoms with Gasteiger partial charge in [0, 0.05) is 11.1 Å². The van der Waals surface area contributed by atoms with Crippen LogP contribution in [0.15, 0.2) is 30.3 Å². The van der Waals surface area contributed by atoms with Crippen molar-refractivity contribution in [2.45, 2.75) is 6.92 Å². The van der Waals surface area contributed by atoms with Gasteiger partial charge in [0.05, 0.1) is 29.2 Å². The Morgan fingerprint density at radius 1 is 1.05 bits per heavy atom. The Morgan fingerprint density at radius 2 is 1.79 bits per heavy atom. The van der Waals surface area contributed by atoms with Crippen molar-refractivity contribution >= 4 is 40.3 Å². The lowest BCUT2D eigenvalue weighted by Gasteiger charge is -2.13. The Hall–Kier alpha value is -1.58. The highest BCUT2D eigenvalue weighted by atomic mass is 35.5. The zero-order chi connectivity index (χ0) is 14.0. The Balaban J connectivity index is 2.33. The van der Waals surface area contributed by atoms with E-state index in [1.165, 1.54) is 0 Å². The molecule has 100 valence electrons. The summed E-state index contributed by atoms with van der Waals surface area (Å²) in [5, 5.41) is 4.41. The number of anilines is 3. The van der Waals surface area contributed by atoms with Crippen LogP contribution in [0.2, 0.25) is 10.0 Å². The Labute approximate surface area is 122 Å². The van der Waals surface area contributed by atoms with E-state index in [1.807, 2.05) is 25.1 Å². The van der Waals surface area contributed by atoms with E-state index >= 15 is 0 Å². The molecule has 0 amide bonds. The minimum atomic E-state index is 0.576. The number of ether oxygens (including phenoxy) is 1. The summed E-state index contributed by atoms with van der Waals surface area (Å²) in [6, 6.07) is 8.99. The van der Waals surface area contributed by atoms with Crippen LogP contribution in [0.1, 0.15) is 5.56 Å². The Morgan fingerprint density at radius 3 is 2.42 bits per heavy atom. The Bertz CT molecular complexity index is 615. The summed E-state index contributed by atoms with van der Waals surface area (Å²) in [7, 11) is 1.60. The zero-order valence-electron chi connectivity index (χ0n) is 10.6. The summed E-state index contributed by atoms with van der Waals surface area (Å²) in [5.74, 6) is 0.705. The van der Waals surface area contributed by atoms with Crippen LogP contribution < -0.4 is 15.8 Å². The fourth-order valence-corrected chi connectivity index (χ4v) is 2.10. The molecule has 2 rings (SSSR count). The maximum Gasteiger partial charge on any atom is 0.121 e. The minimum absolute atomic E-state index is 0.576. The fourth-order valence-electron chi connectivity index (χ4n) is 1.67. The van der Waals surface area contributed by atoms with Crippen LogP contribution in [0.3, 0.4) is 0 Å². The first kappa shape index (κ1) is 13.8. The molecule has 0 heterocycles. The van der Waals surface area contributed by atoms with Crippen LogP contribution in [0, 0.1) is 6.92 Å². The van der Waals surface area contributed by atoms with Crippen LogP contribution in [0.4, 0.5) is 17.1 Å². The molecule has 0 aliphatic carbocycles. The first-order valence-corrected chi connectivity index (χ1v) is 6.43. The summed E-state index contributed by atoms with van der Waals surface area (Å²) in [6.45, 7) is 1.90. The lowest BCUT2D eigenvalue weighted by Crippen LogP contribution is -1.98. The third-order valence-electron chi connectivity index (χ3n) is 2.78. The smallest absolute Gasteiger partial charge is 0.121 e. The molecule has 2 aromatic rings. The van der Waals surface area contributed by atoms with Crippen LogP contribution in [-0.2, 0) is 0 Å². The van der Waals surface area contributed by atoms with Gasteiger partial charge in [-0.05, 0) is 36.8 Å². The normalized spacial score (nSPS) is 10.3. The molecule has 3 nitrogen and oxygen atoms in total. The van der Waals surface area contributed by atoms with E-state index in [4.69, 9.17) is 33.7 Å². The number of halogens is 2. The monoisotopic (exact) mass is 296 g/mol. The molecule has 0 saturated heterocycles. The topological polar surface area (TPSA) is 47.3 Å². The minimum Gasteiger partial charge on any atom is -0.497 e. The molecule has 0 aliphatic heterocycles. The largest absolute Gasteiger partial charge is 0.497 e. The third kappa shape index (κ3) is 3.06. The number of nitrogens with one attached hydrogen (secondary N) is 1. The Kier molecular flexibility index (Phi) is 4.08. The maximum atomic E-state index is 6.18. The van der Waals surface area contributed by atoms with Crippen molar-refractivity contribution in [2.24, 2.45) is 0 Å². The molecule has 0 unspecified atom stereocenters. The van der Waals surface area contributed by atoms with Gasteiger partial charge in [-0.3, -0.25) is 0 Å². The quantitative estimate of drug-likeness (QED) is 0.812. The summed E-state index contributed by atoms with van der Waals surface area (Å²) >= 11 is 12.3. The molecule has 3 N–H and O–H groups in total. The van der Waals surface area contributed by atoms with Gasteiger partial charge >= 0.3 is 0 Å². The van der Waals surface area contributed by atoms with Crippen molar-refractivity contribution in [3.63, 3.8) is 0 Å². The first-order chi connectivity index (χ1) is 9.01. The van der Waals surface area contributed by atoms with Crippen LogP contribution >= 0.6 is 23.2 Å². The molecule has 0 saturated carbocycles. The molecular weight excluding hydrogens is 283 g/mol. The van der Waals surface area contributed by atoms with Crippen LogP contribution in [-0.4, -0.2) is 7.11 Å². The SMILES string of the molecule is COc1ccc(Nc2cc(Cl)c(C)cc2Cl)c(N)c1. The summed E-state index contributed by atoms with van der Waals surface area (Å²) in [4.78, 5) is 0. The summed E-state index contributed by atoms with van der Waals surface area (Å²) < 4.78 is 5.10. The highest BCUT2D eigenvalue weighted by Gasteiger charge is 2.07. The predicted octanol–water partition coefficient (Wildman–Crippen LogP) is 4.64. The summed E-state index contributed by atoms with van der Waals surface area (Å²) in [6.07, 6.45) is 0. The number of nitrogens with two attached hydrogens (primary N) is 1. The van der Waals surface area contributed by atoms with Gasteiger partial charge in [0.25, 0.3) is 0 Å². The van der Waals surface area contributed by atoms with Gasteiger partial charge in [-0.1, -0.05) is 23.2 Å². The van der Waals surface area contributed by atoms with Gasteiger partial charge < -0.3 is 15.8 Å². The van der Waals surface area contributed by atoms with Crippen LogP contribution in [0.25, 0.3) is 0 Å². The number of hydrogen-bond donors (Lipinski definition) is 2. The van der Waals surface area contributed by atoms with Crippen molar-refractivity contribution in [2.75, 3.05) is 18.2 Å². The second kappa shape index (κ2) is 5.59. The average Bonchev–Trinajstić information content (AvgIpc) is 2.38. The van der Waals surface area contributed by atoms with Crippen LogP contribution in [0.5, 0.6) is 5.75 Å². The van der Waals surface area contributed by atoms with Gasteiger partial charge in [0.15, 0.2) is 0 Å². The van der Waals surface area contributed by atoms with Gasteiger partial charge in [-0.15, -0.1) is 0 Å². The van der Waals surface area contributed by atoms with E-state index < -0.39 is 0 Å². The fraction of sp³-hybridized carbons (Fsp3) is 0.143. The number of methoxy groups -OCH3 is 1. The number of hydrogen-bond acceptors (Lipinski definition) is 3. The third-order valence-corrected chi connectivity index (χ3v) is 3.50. The standard InChI is InChI=1S/C14H14Cl2N2O/c1-8-5-11(16)14(7-10(8)15)18-13-4-3-9(19-2)6-12(13)17/h3-7,18H,17H2,1-2H3. The van der Waals surface area contributed by atoms with E-state index in [0.29, 0.717) is 27.2 Å². The van der Waals surface area contributed by atoms with E-state index in [9.17, 15) is 0 Å². The van der Waals surface area contributed by atoms with E-state index in [0.717, 1.165) is 11.3 Å².